The van der Waals surface area contributed by atoms with E-state index in [0.717, 1.165) is 6.07 Å². The summed E-state index contributed by atoms with van der Waals surface area (Å²) in [6.45, 7) is 1.59. The van der Waals surface area contributed by atoms with Gasteiger partial charge in [-0.05, 0) is 31.2 Å². The lowest BCUT2D eigenvalue weighted by molar-refractivity contribution is -0.383. The molecule has 0 aliphatic carbocycles. The van der Waals surface area contributed by atoms with Gasteiger partial charge in [-0.1, -0.05) is 6.07 Å². The maximum Gasteiger partial charge on any atom is 0.338 e. The second kappa shape index (κ2) is 7.40. The van der Waals surface area contributed by atoms with Gasteiger partial charge in [-0.25, -0.2) is 9.18 Å². The minimum Gasteiger partial charge on any atom is -0.490 e. The molecule has 8 heteroatoms. The van der Waals surface area contributed by atoms with Gasteiger partial charge < -0.3 is 15.2 Å². The number of nitro benzene ring substituents is 1. The average Bonchev–Trinajstić information content (AvgIpc) is 2.53. The third-order valence-electron chi connectivity index (χ3n) is 3.05. The minimum absolute atomic E-state index is 0.00621. The van der Waals surface area contributed by atoms with Crippen molar-refractivity contribution in [1.82, 2.24) is 0 Å². The Labute approximate surface area is 136 Å². The molecule has 0 aliphatic rings. The van der Waals surface area contributed by atoms with Crippen LogP contribution >= 0.6 is 0 Å². The number of nitrogens with zero attached hydrogens (tertiary/aromatic N) is 1. The first-order valence-corrected chi connectivity index (χ1v) is 7.00. The van der Waals surface area contributed by atoms with E-state index in [0.29, 0.717) is 5.75 Å². The Kier molecular flexibility index (Phi) is 5.31. The van der Waals surface area contributed by atoms with Crippen molar-refractivity contribution in [2.24, 2.45) is 0 Å². The summed E-state index contributed by atoms with van der Waals surface area (Å²) >= 11 is 0. The van der Waals surface area contributed by atoms with Crippen molar-refractivity contribution in [3.63, 3.8) is 0 Å². The van der Waals surface area contributed by atoms with Crippen LogP contribution in [0.2, 0.25) is 0 Å². The molecule has 0 amide bonds. The van der Waals surface area contributed by atoms with Crippen LogP contribution in [0.15, 0.2) is 42.5 Å². The zero-order valence-corrected chi connectivity index (χ0v) is 12.8. The number of esters is 1. The van der Waals surface area contributed by atoms with Crippen molar-refractivity contribution in [3.8, 4) is 5.75 Å². The molecule has 126 valence electrons. The smallest absolute Gasteiger partial charge is 0.338 e. The van der Waals surface area contributed by atoms with Crippen molar-refractivity contribution < 1.29 is 23.6 Å². The number of ether oxygens (including phenoxy) is 2. The zero-order chi connectivity index (χ0) is 17.7. The lowest BCUT2D eigenvalue weighted by Gasteiger charge is -2.14. The van der Waals surface area contributed by atoms with Gasteiger partial charge in [0.2, 0.25) is 0 Å². The molecule has 0 bridgehead atoms. The molecule has 0 aromatic heterocycles. The maximum atomic E-state index is 13.0. The minimum atomic E-state index is -0.742. The molecule has 0 heterocycles. The molecule has 24 heavy (non-hydrogen) atoms. The quantitative estimate of drug-likeness (QED) is 0.377. The summed E-state index contributed by atoms with van der Waals surface area (Å²) in [6, 6.07) is 9.21. The van der Waals surface area contributed by atoms with Crippen LogP contribution in [-0.2, 0) is 4.74 Å². The molecular formula is C16H15FN2O5. The number of carbonyl (C=O) groups is 1. The molecule has 7 nitrogen and oxygen atoms in total. The highest BCUT2D eigenvalue weighted by Gasteiger charge is 2.18. The topological polar surface area (TPSA) is 105 Å². The van der Waals surface area contributed by atoms with E-state index in [4.69, 9.17) is 15.2 Å². The van der Waals surface area contributed by atoms with E-state index in [1.807, 2.05) is 0 Å². The highest BCUT2D eigenvalue weighted by atomic mass is 19.1. The lowest BCUT2D eigenvalue weighted by Crippen LogP contribution is -2.22. The van der Waals surface area contributed by atoms with E-state index in [2.05, 4.69) is 0 Å². The van der Waals surface area contributed by atoms with Crippen LogP contribution in [0.5, 0.6) is 5.75 Å². The molecule has 0 fully saturated rings. The second-order valence-corrected chi connectivity index (χ2v) is 5.02. The van der Waals surface area contributed by atoms with Gasteiger partial charge in [0.15, 0.2) is 0 Å². The highest BCUT2D eigenvalue weighted by molar-refractivity contribution is 5.91. The Bertz CT molecular complexity index is 766. The van der Waals surface area contributed by atoms with E-state index in [1.165, 1.54) is 30.3 Å². The number of rotatable bonds is 6. The van der Waals surface area contributed by atoms with Gasteiger partial charge in [0, 0.05) is 12.1 Å². The van der Waals surface area contributed by atoms with Crippen LogP contribution in [0, 0.1) is 15.9 Å². The molecule has 0 radical (unpaired) electrons. The summed E-state index contributed by atoms with van der Waals surface area (Å²) in [5.74, 6) is -0.874. The zero-order valence-electron chi connectivity index (χ0n) is 12.8. The van der Waals surface area contributed by atoms with Crippen LogP contribution in [0.25, 0.3) is 0 Å². The number of benzene rings is 2. The van der Waals surface area contributed by atoms with E-state index >= 15 is 0 Å². The van der Waals surface area contributed by atoms with Crippen molar-refractivity contribution >= 4 is 17.3 Å². The largest absolute Gasteiger partial charge is 0.490 e. The van der Waals surface area contributed by atoms with Crippen molar-refractivity contribution in [2.45, 2.75) is 13.0 Å². The maximum absolute atomic E-state index is 13.0. The van der Waals surface area contributed by atoms with E-state index in [9.17, 15) is 19.3 Å². The van der Waals surface area contributed by atoms with E-state index < -0.39 is 22.8 Å². The van der Waals surface area contributed by atoms with Gasteiger partial charge in [0.1, 0.15) is 30.0 Å². The number of nitrogen functional groups attached to an aromatic ring is 1. The fourth-order valence-corrected chi connectivity index (χ4v) is 1.88. The molecule has 2 rings (SSSR count). The van der Waals surface area contributed by atoms with Crippen LogP contribution in [0.1, 0.15) is 17.3 Å². The predicted octanol–water partition coefficient (Wildman–Crippen LogP) is 2.94. The first-order chi connectivity index (χ1) is 11.4. The molecule has 0 saturated carbocycles. The first-order valence-electron chi connectivity index (χ1n) is 7.00. The van der Waals surface area contributed by atoms with Gasteiger partial charge in [-0.2, -0.15) is 0 Å². The number of hydrogen-bond acceptors (Lipinski definition) is 6. The fourth-order valence-electron chi connectivity index (χ4n) is 1.88. The second-order valence-electron chi connectivity index (χ2n) is 5.02. The Morgan fingerprint density at radius 3 is 2.75 bits per heavy atom. The van der Waals surface area contributed by atoms with Crippen LogP contribution in [0.3, 0.4) is 0 Å². The summed E-state index contributed by atoms with van der Waals surface area (Å²) < 4.78 is 23.5. The van der Waals surface area contributed by atoms with E-state index in [-0.39, 0.29) is 23.5 Å². The molecule has 2 aromatic carbocycles. The lowest BCUT2D eigenvalue weighted by atomic mass is 10.2. The molecule has 1 unspecified atom stereocenters. The Morgan fingerprint density at radius 2 is 2.08 bits per heavy atom. The molecule has 2 aromatic rings. The van der Waals surface area contributed by atoms with Gasteiger partial charge >= 0.3 is 5.97 Å². The summed E-state index contributed by atoms with van der Waals surface area (Å²) in [7, 11) is 0. The van der Waals surface area contributed by atoms with Crippen LogP contribution in [0.4, 0.5) is 15.8 Å². The number of anilines is 1. The van der Waals surface area contributed by atoms with Gasteiger partial charge in [0.25, 0.3) is 5.69 Å². The van der Waals surface area contributed by atoms with Gasteiger partial charge in [0.05, 0.1) is 10.5 Å². The number of nitro groups is 1. The Hall–Kier alpha value is -3.16. The Morgan fingerprint density at radius 1 is 1.33 bits per heavy atom. The average molecular weight is 334 g/mol. The molecule has 0 saturated heterocycles. The van der Waals surface area contributed by atoms with Crippen LogP contribution in [-0.4, -0.2) is 23.6 Å². The number of carbonyl (C=O) groups excluding carboxylic acids is 1. The monoisotopic (exact) mass is 334 g/mol. The summed E-state index contributed by atoms with van der Waals surface area (Å²) in [5, 5.41) is 10.8. The molecule has 0 spiro atoms. The van der Waals surface area contributed by atoms with E-state index in [1.54, 1.807) is 13.0 Å². The molecule has 1 atom stereocenters. The van der Waals surface area contributed by atoms with Gasteiger partial charge in [-0.15, -0.1) is 0 Å². The third-order valence-corrected chi connectivity index (χ3v) is 3.05. The predicted molar refractivity (Wildman–Crippen MR) is 84.3 cm³/mol. The van der Waals surface area contributed by atoms with Crippen molar-refractivity contribution in [2.75, 3.05) is 12.3 Å². The SMILES string of the molecule is CC(COc1cccc(F)c1)OC(=O)c1ccc(N)c([N+](=O)[O-])c1. The number of hydrogen-bond donors (Lipinski definition) is 1. The summed E-state index contributed by atoms with van der Waals surface area (Å²) in [6.07, 6.45) is -0.641. The standard InChI is InChI=1S/C16H15FN2O5/c1-10(9-23-13-4-2-3-12(17)8-13)24-16(20)11-5-6-14(18)15(7-11)19(21)22/h2-8,10H,9,18H2,1H3. The molecular weight excluding hydrogens is 319 g/mol. The molecule has 0 aliphatic heterocycles. The Balaban J connectivity index is 1.96. The summed E-state index contributed by atoms with van der Waals surface area (Å²) in [4.78, 5) is 22.2. The number of halogens is 1. The third kappa shape index (κ3) is 4.42. The number of nitrogens with two attached hydrogens (primary N) is 1. The van der Waals surface area contributed by atoms with Crippen molar-refractivity contribution in [1.29, 1.82) is 0 Å². The summed E-state index contributed by atoms with van der Waals surface area (Å²) in [5.41, 5.74) is 5.07. The van der Waals surface area contributed by atoms with Crippen molar-refractivity contribution in [3.05, 3.63) is 64.0 Å². The fraction of sp³-hybridized carbons (Fsp3) is 0.188. The van der Waals surface area contributed by atoms with Gasteiger partial charge in [-0.3, -0.25) is 10.1 Å². The molecule has 2 N–H and O–H groups in total. The normalized spacial score (nSPS) is 11.6. The first kappa shape index (κ1) is 17.2. The van der Waals surface area contributed by atoms with Crippen LogP contribution < -0.4 is 10.5 Å². The highest BCUT2D eigenvalue weighted by Crippen LogP contribution is 2.23.